The average molecular weight is 468 g/mol. The van der Waals surface area contributed by atoms with Gasteiger partial charge in [-0.3, -0.25) is 9.59 Å². The molecule has 3 rings (SSSR count). The van der Waals surface area contributed by atoms with Gasteiger partial charge < -0.3 is 10.1 Å². The molecule has 0 heterocycles. The summed E-state index contributed by atoms with van der Waals surface area (Å²) < 4.78 is 5.49. The maximum Gasteiger partial charge on any atom is 0.262 e. The summed E-state index contributed by atoms with van der Waals surface area (Å²) >= 11 is 7.44. The monoisotopic (exact) mass is 467 g/mol. The highest BCUT2D eigenvalue weighted by Crippen LogP contribution is 2.16. The number of hydrogen-bond acceptors (Lipinski definition) is 5. The van der Waals surface area contributed by atoms with Gasteiger partial charge in [-0.1, -0.05) is 41.9 Å². The van der Waals surface area contributed by atoms with E-state index in [2.05, 4.69) is 15.8 Å². The molecule has 0 atom stereocenters. The van der Waals surface area contributed by atoms with Gasteiger partial charge >= 0.3 is 0 Å². The van der Waals surface area contributed by atoms with Crippen molar-refractivity contribution in [2.45, 2.75) is 5.75 Å². The lowest BCUT2D eigenvalue weighted by atomic mass is 10.2. The number of hydrogen-bond donors (Lipinski definition) is 2. The zero-order chi connectivity index (χ0) is 22.6. The number of nitrogens with one attached hydrogen (secondary N) is 2. The van der Waals surface area contributed by atoms with Crippen LogP contribution in [0.25, 0.3) is 0 Å². The third-order valence-electron chi connectivity index (χ3n) is 4.10. The SMILES string of the molecule is O=C(CSCc1cccc(Cl)c1)N/N=C/c1ccc(OCC(=O)Nc2ccccc2)cc1. The Hall–Kier alpha value is -3.29. The van der Waals surface area contributed by atoms with Crippen molar-refractivity contribution in [1.29, 1.82) is 0 Å². The lowest BCUT2D eigenvalue weighted by molar-refractivity contribution is -0.119. The van der Waals surface area contributed by atoms with E-state index in [1.54, 1.807) is 30.5 Å². The van der Waals surface area contributed by atoms with Gasteiger partial charge in [0.1, 0.15) is 5.75 Å². The number of hydrazone groups is 1. The van der Waals surface area contributed by atoms with Crippen LogP contribution in [-0.2, 0) is 15.3 Å². The van der Waals surface area contributed by atoms with Crippen molar-refractivity contribution in [1.82, 2.24) is 5.43 Å². The molecule has 2 amide bonds. The Morgan fingerprint density at radius 1 is 0.969 bits per heavy atom. The van der Waals surface area contributed by atoms with Crippen LogP contribution in [0.3, 0.4) is 0 Å². The first-order valence-electron chi connectivity index (χ1n) is 9.80. The Kier molecular flexibility index (Phi) is 9.16. The minimum Gasteiger partial charge on any atom is -0.484 e. The molecule has 6 nitrogen and oxygen atoms in total. The second-order valence-corrected chi connectivity index (χ2v) is 8.11. The van der Waals surface area contributed by atoms with Gasteiger partial charge in [-0.25, -0.2) is 5.43 Å². The summed E-state index contributed by atoms with van der Waals surface area (Å²) in [6.45, 7) is -0.0920. The van der Waals surface area contributed by atoms with E-state index in [0.717, 1.165) is 16.8 Å². The summed E-state index contributed by atoms with van der Waals surface area (Å²) in [5, 5.41) is 7.41. The van der Waals surface area contributed by atoms with Crippen molar-refractivity contribution in [3.05, 3.63) is 95.0 Å². The molecule has 0 fully saturated rings. The van der Waals surface area contributed by atoms with Crippen LogP contribution in [0.5, 0.6) is 5.75 Å². The summed E-state index contributed by atoms with van der Waals surface area (Å²) in [4.78, 5) is 23.8. The van der Waals surface area contributed by atoms with E-state index in [1.807, 2.05) is 54.6 Å². The number of ether oxygens (including phenoxy) is 1. The second kappa shape index (κ2) is 12.5. The quantitative estimate of drug-likeness (QED) is 0.333. The molecule has 32 heavy (non-hydrogen) atoms. The minimum atomic E-state index is -0.238. The van der Waals surface area contributed by atoms with Gasteiger partial charge in [-0.15, -0.1) is 11.8 Å². The van der Waals surface area contributed by atoms with Crippen LogP contribution >= 0.6 is 23.4 Å². The number of thioether (sulfide) groups is 1. The fraction of sp³-hybridized carbons (Fsp3) is 0.125. The topological polar surface area (TPSA) is 79.8 Å². The fourth-order valence-corrected chi connectivity index (χ4v) is 3.60. The molecule has 0 aromatic heterocycles. The van der Waals surface area contributed by atoms with Crippen molar-refractivity contribution in [3.8, 4) is 5.75 Å². The average Bonchev–Trinajstić information content (AvgIpc) is 2.79. The number of anilines is 1. The molecule has 8 heteroatoms. The molecule has 0 saturated heterocycles. The van der Waals surface area contributed by atoms with E-state index in [-0.39, 0.29) is 18.4 Å². The number of carbonyl (C=O) groups excluding carboxylic acids is 2. The second-order valence-electron chi connectivity index (χ2n) is 6.69. The van der Waals surface area contributed by atoms with Crippen LogP contribution in [0, 0.1) is 0 Å². The lowest BCUT2D eigenvalue weighted by Gasteiger charge is -2.07. The van der Waals surface area contributed by atoms with E-state index in [1.165, 1.54) is 11.8 Å². The molecular formula is C24H22ClN3O3S. The van der Waals surface area contributed by atoms with Gasteiger partial charge in [0.2, 0.25) is 5.91 Å². The van der Waals surface area contributed by atoms with Gasteiger partial charge in [-0.05, 0) is 59.7 Å². The molecule has 0 unspecified atom stereocenters. The van der Waals surface area contributed by atoms with Gasteiger partial charge in [0.25, 0.3) is 5.91 Å². The first-order valence-corrected chi connectivity index (χ1v) is 11.3. The molecule has 3 aromatic rings. The molecule has 0 saturated carbocycles. The summed E-state index contributed by atoms with van der Waals surface area (Å²) in [5.74, 6) is 1.13. The van der Waals surface area contributed by atoms with Crippen LogP contribution in [-0.4, -0.2) is 30.4 Å². The molecule has 0 aliphatic carbocycles. The van der Waals surface area contributed by atoms with Crippen molar-refractivity contribution in [2.75, 3.05) is 17.7 Å². The number of benzene rings is 3. The standard InChI is InChI=1S/C24H22ClN3O3S/c25-20-6-4-5-19(13-20)16-32-17-24(30)28-26-14-18-9-11-22(12-10-18)31-15-23(29)27-21-7-2-1-3-8-21/h1-14H,15-17H2,(H,27,29)(H,28,30)/b26-14+. The number of nitrogens with zero attached hydrogens (tertiary/aromatic N) is 1. The summed E-state index contributed by atoms with van der Waals surface area (Å²) in [7, 11) is 0. The van der Waals surface area contributed by atoms with Crippen LogP contribution in [0.1, 0.15) is 11.1 Å². The molecule has 3 aromatic carbocycles. The Morgan fingerprint density at radius 2 is 1.75 bits per heavy atom. The Labute approximate surface area is 196 Å². The summed E-state index contributed by atoms with van der Waals surface area (Å²) in [6, 6.07) is 23.8. The van der Waals surface area contributed by atoms with Gasteiger partial charge in [-0.2, -0.15) is 5.10 Å². The Bertz CT molecular complexity index is 1060. The minimum absolute atomic E-state index is 0.0920. The van der Waals surface area contributed by atoms with Crippen LogP contribution < -0.4 is 15.5 Å². The smallest absolute Gasteiger partial charge is 0.262 e. The zero-order valence-electron chi connectivity index (χ0n) is 17.2. The Balaban J connectivity index is 1.35. The predicted molar refractivity (Wildman–Crippen MR) is 130 cm³/mol. The normalized spacial score (nSPS) is 10.7. The van der Waals surface area contributed by atoms with Crippen molar-refractivity contribution >= 4 is 47.1 Å². The van der Waals surface area contributed by atoms with E-state index >= 15 is 0 Å². The largest absolute Gasteiger partial charge is 0.484 e. The van der Waals surface area contributed by atoms with Crippen molar-refractivity contribution in [2.24, 2.45) is 5.10 Å². The lowest BCUT2D eigenvalue weighted by Crippen LogP contribution is -2.20. The number of rotatable bonds is 10. The molecule has 0 spiro atoms. The highest BCUT2D eigenvalue weighted by atomic mass is 35.5. The molecule has 0 bridgehead atoms. The van der Waals surface area contributed by atoms with Crippen molar-refractivity contribution in [3.63, 3.8) is 0 Å². The predicted octanol–water partition coefficient (Wildman–Crippen LogP) is 4.74. The number of para-hydroxylation sites is 1. The third kappa shape index (κ3) is 8.45. The van der Waals surface area contributed by atoms with E-state index < -0.39 is 0 Å². The first kappa shape index (κ1) is 23.4. The molecule has 0 aliphatic rings. The Morgan fingerprint density at radius 3 is 2.50 bits per heavy atom. The maximum atomic E-state index is 11.9. The van der Waals surface area contributed by atoms with E-state index in [9.17, 15) is 9.59 Å². The molecule has 2 N–H and O–H groups in total. The highest BCUT2D eigenvalue weighted by molar-refractivity contribution is 7.99. The fourth-order valence-electron chi connectivity index (χ4n) is 2.62. The number of amides is 2. The molecule has 0 aliphatic heterocycles. The summed E-state index contributed by atoms with van der Waals surface area (Å²) in [6.07, 6.45) is 1.55. The van der Waals surface area contributed by atoms with Gasteiger partial charge in [0.05, 0.1) is 12.0 Å². The van der Waals surface area contributed by atoms with Gasteiger partial charge in [0, 0.05) is 16.5 Å². The maximum absolute atomic E-state index is 11.9. The van der Waals surface area contributed by atoms with E-state index in [0.29, 0.717) is 22.3 Å². The van der Waals surface area contributed by atoms with Gasteiger partial charge in [0.15, 0.2) is 6.61 Å². The third-order valence-corrected chi connectivity index (χ3v) is 5.34. The zero-order valence-corrected chi connectivity index (χ0v) is 18.7. The molecular weight excluding hydrogens is 446 g/mol. The molecule has 164 valence electrons. The van der Waals surface area contributed by atoms with Crippen LogP contribution in [0.15, 0.2) is 84.0 Å². The van der Waals surface area contributed by atoms with Crippen LogP contribution in [0.4, 0.5) is 5.69 Å². The highest BCUT2D eigenvalue weighted by Gasteiger charge is 2.04. The van der Waals surface area contributed by atoms with Crippen LogP contribution in [0.2, 0.25) is 5.02 Å². The number of halogens is 1. The summed E-state index contributed by atoms with van der Waals surface area (Å²) in [5.41, 5.74) is 5.08. The first-order chi connectivity index (χ1) is 15.6. The van der Waals surface area contributed by atoms with Crippen molar-refractivity contribution < 1.29 is 14.3 Å². The molecule has 0 radical (unpaired) electrons. The number of carbonyl (C=O) groups is 2. The van der Waals surface area contributed by atoms with E-state index in [4.69, 9.17) is 16.3 Å².